The molecule has 136 valence electrons. The monoisotopic (exact) mass is 375 g/mol. The van der Waals surface area contributed by atoms with E-state index in [1.165, 1.54) is 0 Å². The van der Waals surface area contributed by atoms with Gasteiger partial charge in [-0.15, -0.1) is 6.42 Å². The summed E-state index contributed by atoms with van der Waals surface area (Å²) in [6, 6.07) is 9.47. The van der Waals surface area contributed by atoms with Gasteiger partial charge in [0, 0.05) is 12.5 Å². The summed E-state index contributed by atoms with van der Waals surface area (Å²) >= 11 is 0. The van der Waals surface area contributed by atoms with Crippen LogP contribution in [-0.4, -0.2) is 12.3 Å². The molecule has 1 aromatic carbocycles. The molecule has 1 aromatic rings. The van der Waals surface area contributed by atoms with Gasteiger partial charge in [-0.3, -0.25) is 0 Å². The van der Waals surface area contributed by atoms with E-state index < -0.39 is 19.9 Å². The number of allylic oxidation sites excluding steroid dienone is 7. The average Bonchev–Trinajstić information content (AvgIpc) is 2.62. The molecule has 0 fully saturated rings. The number of hydrogen-bond donors (Lipinski definition) is 0. The molecular weight excluding hydrogens is 352 g/mol. The van der Waals surface area contributed by atoms with Crippen molar-refractivity contribution in [1.82, 2.24) is 0 Å². The standard InChI is InChI=1S/C22H23F3P/c1-5-13-19(7-3)26(20(8-4)14-6-2,18-12-17-22(23,24)25)21-15-10-9-11-16-21/h1,6-11,13-16H,2-4,12,17-18H2/q+1/b19-13+,20-14+. The number of benzene rings is 1. The van der Waals surface area contributed by atoms with Crippen LogP contribution in [0.1, 0.15) is 12.8 Å². The predicted octanol–water partition coefficient (Wildman–Crippen LogP) is 6.63. The second-order valence-corrected chi connectivity index (χ2v) is 9.17. The number of terminal acetylenes is 1. The average molecular weight is 375 g/mol. The topological polar surface area (TPSA) is 0 Å². The van der Waals surface area contributed by atoms with Crippen LogP contribution < -0.4 is 5.30 Å². The van der Waals surface area contributed by atoms with Crippen LogP contribution in [0.15, 0.2) is 91.1 Å². The molecule has 0 bridgehead atoms. The lowest BCUT2D eigenvalue weighted by molar-refractivity contribution is -0.134. The maximum Gasteiger partial charge on any atom is 0.389 e. The Morgan fingerprint density at radius 2 is 1.69 bits per heavy atom. The predicted molar refractivity (Wildman–Crippen MR) is 109 cm³/mol. The first kappa shape index (κ1) is 21.7. The SMILES string of the molecule is C#C/C=C(\C=C)[P+](CCCC(F)(F)F)(/C(C=C)=C/C=C)c1ccccc1. The van der Waals surface area contributed by atoms with Gasteiger partial charge in [-0.2, -0.15) is 13.2 Å². The Bertz CT molecular complexity index is 733. The van der Waals surface area contributed by atoms with Crippen LogP contribution in [0.3, 0.4) is 0 Å². The molecule has 0 aliphatic heterocycles. The summed E-state index contributed by atoms with van der Waals surface area (Å²) in [5.74, 6) is 2.51. The molecule has 0 saturated carbocycles. The first-order valence-electron chi connectivity index (χ1n) is 8.11. The fraction of sp³-hybridized carbons (Fsp3) is 0.182. The van der Waals surface area contributed by atoms with E-state index in [2.05, 4.69) is 25.7 Å². The van der Waals surface area contributed by atoms with E-state index in [1.54, 1.807) is 30.4 Å². The van der Waals surface area contributed by atoms with Gasteiger partial charge in [0.05, 0.1) is 6.16 Å². The largest absolute Gasteiger partial charge is 0.389 e. The number of hydrogen-bond acceptors (Lipinski definition) is 0. The number of rotatable bonds is 9. The molecule has 26 heavy (non-hydrogen) atoms. The minimum Gasteiger partial charge on any atom is -0.171 e. The summed E-state index contributed by atoms with van der Waals surface area (Å²) in [4.78, 5) is 0. The van der Waals surface area contributed by atoms with Crippen molar-refractivity contribution in [3.8, 4) is 12.3 Å². The van der Waals surface area contributed by atoms with Gasteiger partial charge in [0.15, 0.2) is 0 Å². The zero-order valence-electron chi connectivity index (χ0n) is 14.7. The van der Waals surface area contributed by atoms with Gasteiger partial charge in [-0.05, 0) is 36.8 Å². The Morgan fingerprint density at radius 3 is 2.15 bits per heavy atom. The maximum absolute atomic E-state index is 12.8. The van der Waals surface area contributed by atoms with Crippen molar-refractivity contribution < 1.29 is 13.2 Å². The van der Waals surface area contributed by atoms with Crippen molar-refractivity contribution in [2.24, 2.45) is 0 Å². The highest BCUT2D eigenvalue weighted by molar-refractivity contribution is 7.90. The third-order valence-electron chi connectivity index (χ3n) is 3.97. The lowest BCUT2D eigenvalue weighted by atomic mass is 10.3. The van der Waals surface area contributed by atoms with E-state index in [0.29, 0.717) is 6.16 Å². The quantitative estimate of drug-likeness (QED) is 0.258. The number of halogens is 3. The van der Waals surface area contributed by atoms with Crippen molar-refractivity contribution in [3.05, 3.63) is 91.1 Å². The van der Waals surface area contributed by atoms with Gasteiger partial charge in [0.1, 0.15) is 23.2 Å². The third kappa shape index (κ3) is 5.35. The Labute approximate surface area is 154 Å². The first-order valence-corrected chi connectivity index (χ1v) is 10.1. The van der Waals surface area contributed by atoms with Gasteiger partial charge in [-0.25, -0.2) is 0 Å². The van der Waals surface area contributed by atoms with E-state index in [-0.39, 0.29) is 6.42 Å². The minimum absolute atomic E-state index is 0.00968. The van der Waals surface area contributed by atoms with Gasteiger partial charge < -0.3 is 0 Å². The Balaban J connectivity index is 3.67. The fourth-order valence-corrected chi connectivity index (χ4v) is 7.18. The zero-order valence-corrected chi connectivity index (χ0v) is 15.6. The van der Waals surface area contributed by atoms with Gasteiger partial charge in [0.25, 0.3) is 0 Å². The molecule has 0 spiro atoms. The van der Waals surface area contributed by atoms with Crippen LogP contribution in [0.5, 0.6) is 0 Å². The highest BCUT2D eigenvalue weighted by Crippen LogP contribution is 2.71. The van der Waals surface area contributed by atoms with Gasteiger partial charge in [-0.1, -0.05) is 49.9 Å². The summed E-state index contributed by atoms with van der Waals surface area (Å²) in [7, 11) is -2.42. The molecular formula is C22H23F3P+. The summed E-state index contributed by atoms with van der Waals surface area (Å²) in [5.41, 5.74) is 0. The lowest BCUT2D eigenvalue weighted by Gasteiger charge is -2.29. The molecule has 1 unspecified atom stereocenters. The molecule has 0 saturated heterocycles. The molecule has 0 heterocycles. The lowest BCUT2D eigenvalue weighted by Crippen LogP contribution is -2.19. The van der Waals surface area contributed by atoms with E-state index >= 15 is 0 Å². The molecule has 0 N–H and O–H groups in total. The number of alkyl halides is 3. The van der Waals surface area contributed by atoms with Crippen molar-refractivity contribution in [2.45, 2.75) is 19.0 Å². The summed E-state index contributed by atoms with van der Waals surface area (Å²) in [6.45, 7) is 11.5. The summed E-state index contributed by atoms with van der Waals surface area (Å²) in [5, 5.41) is 2.54. The normalized spacial score (nSPS) is 14.8. The third-order valence-corrected chi connectivity index (χ3v) is 8.54. The molecule has 0 aromatic heterocycles. The van der Waals surface area contributed by atoms with E-state index in [0.717, 1.165) is 15.9 Å². The van der Waals surface area contributed by atoms with Gasteiger partial charge >= 0.3 is 6.18 Å². The first-order chi connectivity index (χ1) is 12.4. The highest BCUT2D eigenvalue weighted by atomic mass is 31.2. The van der Waals surface area contributed by atoms with Crippen LogP contribution in [0.4, 0.5) is 13.2 Å². The smallest absolute Gasteiger partial charge is 0.171 e. The van der Waals surface area contributed by atoms with E-state index in [9.17, 15) is 13.2 Å². The Kier molecular flexibility index (Phi) is 8.36. The highest BCUT2D eigenvalue weighted by Gasteiger charge is 2.46. The minimum atomic E-state index is -4.20. The van der Waals surface area contributed by atoms with Crippen molar-refractivity contribution >= 4 is 12.6 Å². The Morgan fingerprint density at radius 1 is 1.08 bits per heavy atom. The summed E-state index contributed by atoms with van der Waals surface area (Å²) < 4.78 is 38.4. The Hall–Kier alpha value is -2.30. The van der Waals surface area contributed by atoms with Crippen LogP contribution >= 0.6 is 7.26 Å². The molecule has 0 aliphatic rings. The molecule has 1 rings (SSSR count). The van der Waals surface area contributed by atoms with Crippen LogP contribution in [0.2, 0.25) is 0 Å². The molecule has 0 aliphatic carbocycles. The van der Waals surface area contributed by atoms with Gasteiger partial charge in [0.2, 0.25) is 0 Å². The van der Waals surface area contributed by atoms with Crippen LogP contribution in [0, 0.1) is 12.3 Å². The van der Waals surface area contributed by atoms with Crippen molar-refractivity contribution in [1.29, 1.82) is 0 Å². The maximum atomic E-state index is 12.8. The molecule has 4 heteroatoms. The second kappa shape index (κ2) is 10.00. The van der Waals surface area contributed by atoms with E-state index in [4.69, 9.17) is 6.42 Å². The van der Waals surface area contributed by atoms with Crippen molar-refractivity contribution in [2.75, 3.05) is 6.16 Å². The van der Waals surface area contributed by atoms with Crippen LogP contribution in [0.25, 0.3) is 0 Å². The zero-order chi connectivity index (χ0) is 19.6. The molecule has 1 atom stereocenters. The van der Waals surface area contributed by atoms with Crippen molar-refractivity contribution in [3.63, 3.8) is 0 Å². The van der Waals surface area contributed by atoms with E-state index in [1.807, 2.05) is 30.3 Å². The molecule has 0 nitrogen and oxygen atoms in total. The van der Waals surface area contributed by atoms with Crippen LogP contribution in [-0.2, 0) is 0 Å². The molecule has 0 amide bonds. The second-order valence-electron chi connectivity index (χ2n) is 5.56. The molecule has 0 radical (unpaired) electrons. The summed E-state index contributed by atoms with van der Waals surface area (Å²) in [6.07, 6.45) is 9.11. The fourth-order valence-electron chi connectivity index (χ4n) is 2.92.